The second kappa shape index (κ2) is 6.26. The van der Waals surface area contributed by atoms with Gasteiger partial charge in [0.1, 0.15) is 5.82 Å². The van der Waals surface area contributed by atoms with E-state index in [-0.39, 0.29) is 17.1 Å². The average molecular weight is 342 g/mol. The number of carbonyl (C=O) groups excluding carboxylic acids is 1. The Kier molecular flexibility index (Phi) is 4.07. The SMILES string of the molecule is Cc1cn(-c2ccc(F)cc2)nc1C(=O)NCC12CCN(CC1)CC2. The van der Waals surface area contributed by atoms with Gasteiger partial charge in [0, 0.05) is 18.3 Å². The molecule has 2 aromatic rings. The fourth-order valence-corrected chi connectivity index (χ4v) is 3.92. The molecule has 3 fully saturated rings. The molecule has 5 rings (SSSR count). The highest BCUT2D eigenvalue weighted by atomic mass is 19.1. The minimum Gasteiger partial charge on any atom is -0.350 e. The van der Waals surface area contributed by atoms with Gasteiger partial charge >= 0.3 is 0 Å². The van der Waals surface area contributed by atoms with Crippen LogP contribution >= 0.6 is 0 Å². The topological polar surface area (TPSA) is 50.2 Å². The summed E-state index contributed by atoms with van der Waals surface area (Å²) in [7, 11) is 0. The van der Waals surface area contributed by atoms with Crippen molar-refractivity contribution in [2.75, 3.05) is 26.2 Å². The van der Waals surface area contributed by atoms with Crippen molar-refractivity contribution in [2.45, 2.75) is 26.2 Å². The van der Waals surface area contributed by atoms with Gasteiger partial charge in [-0.25, -0.2) is 9.07 Å². The molecule has 6 heteroatoms. The molecule has 4 heterocycles. The number of nitrogens with one attached hydrogen (secondary N) is 1. The van der Waals surface area contributed by atoms with Crippen LogP contribution in [-0.4, -0.2) is 46.8 Å². The highest BCUT2D eigenvalue weighted by Gasteiger charge is 2.39. The minimum atomic E-state index is -0.289. The first-order valence-electron chi connectivity index (χ1n) is 8.88. The lowest BCUT2D eigenvalue weighted by atomic mass is 9.72. The lowest BCUT2D eigenvalue weighted by molar-refractivity contribution is 0.0261. The van der Waals surface area contributed by atoms with E-state index in [1.807, 2.05) is 6.92 Å². The fraction of sp³-hybridized carbons (Fsp3) is 0.474. The Balaban J connectivity index is 1.46. The van der Waals surface area contributed by atoms with E-state index in [0.717, 1.165) is 56.7 Å². The molecular weight excluding hydrogens is 319 g/mol. The van der Waals surface area contributed by atoms with Crippen molar-refractivity contribution in [1.82, 2.24) is 20.0 Å². The molecule has 1 N–H and O–H groups in total. The molecule has 25 heavy (non-hydrogen) atoms. The summed E-state index contributed by atoms with van der Waals surface area (Å²) in [6.07, 6.45) is 5.29. The third-order valence-corrected chi connectivity index (χ3v) is 5.70. The minimum absolute atomic E-state index is 0.124. The maximum absolute atomic E-state index is 13.1. The summed E-state index contributed by atoms with van der Waals surface area (Å²) in [5.41, 5.74) is 2.26. The van der Waals surface area contributed by atoms with Gasteiger partial charge in [-0.15, -0.1) is 0 Å². The number of rotatable bonds is 4. The van der Waals surface area contributed by atoms with Gasteiger partial charge in [-0.05, 0) is 75.5 Å². The summed E-state index contributed by atoms with van der Waals surface area (Å²) >= 11 is 0. The second-order valence-electron chi connectivity index (χ2n) is 7.36. The molecule has 0 saturated carbocycles. The van der Waals surface area contributed by atoms with Gasteiger partial charge < -0.3 is 10.2 Å². The van der Waals surface area contributed by atoms with E-state index in [0.29, 0.717) is 5.69 Å². The summed E-state index contributed by atoms with van der Waals surface area (Å²) in [5, 5.41) is 7.51. The first-order valence-corrected chi connectivity index (χ1v) is 8.88. The normalized spacial score (nSPS) is 25.1. The largest absolute Gasteiger partial charge is 0.350 e. The molecule has 1 aromatic carbocycles. The number of aryl methyl sites for hydroxylation is 1. The zero-order chi connectivity index (χ0) is 17.4. The molecule has 0 radical (unpaired) electrons. The molecule has 0 aliphatic carbocycles. The number of benzene rings is 1. The molecule has 1 aromatic heterocycles. The van der Waals surface area contributed by atoms with E-state index in [9.17, 15) is 9.18 Å². The van der Waals surface area contributed by atoms with Crippen molar-refractivity contribution in [3.63, 3.8) is 0 Å². The van der Waals surface area contributed by atoms with Crippen LogP contribution in [0.3, 0.4) is 0 Å². The van der Waals surface area contributed by atoms with Crippen LogP contribution in [0.2, 0.25) is 0 Å². The first-order chi connectivity index (χ1) is 12.0. The zero-order valence-electron chi connectivity index (χ0n) is 14.5. The van der Waals surface area contributed by atoms with Gasteiger partial charge in [0.15, 0.2) is 5.69 Å². The van der Waals surface area contributed by atoms with Gasteiger partial charge in [0.25, 0.3) is 5.91 Å². The molecule has 132 valence electrons. The number of fused-ring (bicyclic) bond motifs is 3. The lowest BCUT2D eigenvalue weighted by Gasteiger charge is -2.48. The van der Waals surface area contributed by atoms with Crippen LogP contribution in [0.15, 0.2) is 30.5 Å². The fourth-order valence-electron chi connectivity index (χ4n) is 3.92. The van der Waals surface area contributed by atoms with Gasteiger partial charge in [-0.1, -0.05) is 0 Å². The summed E-state index contributed by atoms with van der Waals surface area (Å²) in [4.78, 5) is 15.1. The van der Waals surface area contributed by atoms with Crippen LogP contribution in [0.25, 0.3) is 5.69 Å². The molecule has 1 amide bonds. The highest BCUT2D eigenvalue weighted by Crippen LogP contribution is 2.39. The monoisotopic (exact) mass is 342 g/mol. The molecule has 5 nitrogen and oxygen atoms in total. The van der Waals surface area contributed by atoms with Crippen LogP contribution in [0.5, 0.6) is 0 Å². The smallest absolute Gasteiger partial charge is 0.272 e. The number of aromatic nitrogens is 2. The number of nitrogens with zero attached hydrogens (tertiary/aromatic N) is 3. The number of piperidine rings is 3. The van der Waals surface area contributed by atoms with Crippen LogP contribution in [0.4, 0.5) is 4.39 Å². The van der Waals surface area contributed by atoms with E-state index in [1.54, 1.807) is 23.0 Å². The van der Waals surface area contributed by atoms with Crippen molar-refractivity contribution in [3.05, 3.63) is 47.5 Å². The van der Waals surface area contributed by atoms with E-state index in [4.69, 9.17) is 0 Å². The Labute approximate surface area is 146 Å². The standard InChI is InChI=1S/C19H23FN4O/c1-14-12-24(16-4-2-15(20)3-5-16)22-17(14)18(25)21-13-19-6-9-23(10-7-19)11-8-19/h2-5,12H,6-11,13H2,1H3,(H,21,25). The Hall–Kier alpha value is -2.21. The van der Waals surface area contributed by atoms with Gasteiger partial charge in [0.05, 0.1) is 5.69 Å². The van der Waals surface area contributed by atoms with Crippen molar-refractivity contribution in [3.8, 4) is 5.69 Å². The van der Waals surface area contributed by atoms with Crippen LogP contribution < -0.4 is 5.32 Å². The quantitative estimate of drug-likeness (QED) is 0.929. The molecule has 0 unspecified atom stereocenters. The molecule has 0 spiro atoms. The molecular formula is C19H23FN4O. The van der Waals surface area contributed by atoms with Crippen LogP contribution in [0, 0.1) is 18.2 Å². The Bertz CT molecular complexity index is 761. The van der Waals surface area contributed by atoms with E-state index < -0.39 is 0 Å². The third kappa shape index (κ3) is 3.18. The van der Waals surface area contributed by atoms with Crippen molar-refractivity contribution < 1.29 is 9.18 Å². The highest BCUT2D eigenvalue weighted by molar-refractivity contribution is 5.93. The first kappa shape index (κ1) is 16.3. The predicted molar refractivity (Wildman–Crippen MR) is 93.3 cm³/mol. The zero-order valence-corrected chi connectivity index (χ0v) is 14.5. The van der Waals surface area contributed by atoms with Gasteiger partial charge in [0.2, 0.25) is 0 Å². The molecule has 3 aliphatic rings. The summed E-state index contributed by atoms with van der Waals surface area (Å²) in [6, 6.07) is 6.08. The van der Waals surface area contributed by atoms with Crippen LogP contribution in [-0.2, 0) is 0 Å². The van der Waals surface area contributed by atoms with Crippen molar-refractivity contribution >= 4 is 5.91 Å². The molecule has 0 atom stereocenters. The molecule has 3 saturated heterocycles. The Morgan fingerprint density at radius 1 is 1.20 bits per heavy atom. The van der Waals surface area contributed by atoms with Gasteiger partial charge in [-0.2, -0.15) is 5.10 Å². The summed E-state index contributed by atoms with van der Waals surface area (Å²) in [6.45, 7) is 6.04. The number of hydrogen-bond acceptors (Lipinski definition) is 3. The second-order valence-corrected chi connectivity index (χ2v) is 7.36. The summed E-state index contributed by atoms with van der Waals surface area (Å²) < 4.78 is 14.7. The molecule has 2 bridgehead atoms. The van der Waals surface area contributed by atoms with Gasteiger partial charge in [-0.3, -0.25) is 4.79 Å². The molecule has 3 aliphatic heterocycles. The third-order valence-electron chi connectivity index (χ3n) is 5.70. The number of hydrogen-bond donors (Lipinski definition) is 1. The van der Waals surface area contributed by atoms with Crippen molar-refractivity contribution in [1.29, 1.82) is 0 Å². The maximum atomic E-state index is 13.1. The predicted octanol–water partition coefficient (Wildman–Crippen LogP) is 2.54. The Morgan fingerprint density at radius 3 is 2.48 bits per heavy atom. The van der Waals surface area contributed by atoms with Crippen LogP contribution in [0.1, 0.15) is 35.3 Å². The van der Waals surface area contributed by atoms with E-state index in [1.165, 1.54) is 12.1 Å². The van der Waals surface area contributed by atoms with E-state index in [2.05, 4.69) is 15.3 Å². The van der Waals surface area contributed by atoms with E-state index >= 15 is 0 Å². The Morgan fingerprint density at radius 2 is 1.84 bits per heavy atom. The summed E-state index contributed by atoms with van der Waals surface area (Å²) in [5.74, 6) is -0.413. The maximum Gasteiger partial charge on any atom is 0.272 e. The number of halogens is 1. The number of carbonyl (C=O) groups is 1. The van der Waals surface area contributed by atoms with Crippen molar-refractivity contribution in [2.24, 2.45) is 5.41 Å². The number of amides is 1. The lowest BCUT2D eigenvalue weighted by Crippen LogP contribution is -2.52. The average Bonchev–Trinajstić information content (AvgIpc) is 3.04.